The lowest BCUT2D eigenvalue weighted by atomic mass is 10.1. The lowest BCUT2D eigenvalue weighted by molar-refractivity contribution is 0.0311. The average Bonchev–Trinajstić information content (AvgIpc) is 2.56. The van der Waals surface area contributed by atoms with E-state index in [1.165, 1.54) is 44.9 Å². The molecule has 130 valence electrons. The van der Waals surface area contributed by atoms with Crippen molar-refractivity contribution in [3.05, 3.63) is 35.4 Å². The maximum atomic E-state index is 11.9. The number of unbranched alkanes of at least 4 members (excludes halogenated alkanes) is 7. The number of hydrogen-bond acceptors (Lipinski definition) is 3. The highest BCUT2D eigenvalue weighted by atomic mass is 16.6. The Labute approximate surface area is 141 Å². The SMILES string of the molecule is CCCCCCCCCCOCCOC(=O)c1ccccc1C. The second-order valence-corrected chi connectivity index (χ2v) is 6.04. The fraction of sp³-hybridized carbons (Fsp3) is 0.650. The molecule has 23 heavy (non-hydrogen) atoms. The summed E-state index contributed by atoms with van der Waals surface area (Å²) < 4.78 is 10.7. The third kappa shape index (κ3) is 9.39. The van der Waals surface area contributed by atoms with Gasteiger partial charge in [-0.15, -0.1) is 0 Å². The molecule has 0 amide bonds. The van der Waals surface area contributed by atoms with Gasteiger partial charge in [-0.2, -0.15) is 0 Å². The van der Waals surface area contributed by atoms with E-state index in [1.807, 2.05) is 25.1 Å². The van der Waals surface area contributed by atoms with Crippen LogP contribution in [0.2, 0.25) is 0 Å². The Balaban J connectivity index is 1.92. The maximum Gasteiger partial charge on any atom is 0.338 e. The zero-order chi connectivity index (χ0) is 16.8. The molecule has 0 saturated heterocycles. The minimum atomic E-state index is -0.265. The second kappa shape index (κ2) is 13.1. The van der Waals surface area contributed by atoms with Gasteiger partial charge in [0.25, 0.3) is 0 Å². The third-order valence-electron chi connectivity index (χ3n) is 3.97. The molecule has 0 bridgehead atoms. The van der Waals surface area contributed by atoms with E-state index in [4.69, 9.17) is 9.47 Å². The van der Waals surface area contributed by atoms with Crippen molar-refractivity contribution in [2.24, 2.45) is 0 Å². The van der Waals surface area contributed by atoms with E-state index in [0.29, 0.717) is 18.8 Å². The number of aryl methyl sites for hydroxylation is 1. The predicted octanol–water partition coefficient (Wildman–Crippen LogP) is 5.31. The molecular weight excluding hydrogens is 288 g/mol. The molecule has 0 aliphatic rings. The molecule has 0 aliphatic carbocycles. The standard InChI is InChI=1S/C20H32O3/c1-3-4-5-6-7-8-9-12-15-22-16-17-23-20(21)19-14-11-10-13-18(19)2/h10-11,13-14H,3-9,12,15-17H2,1-2H3. The molecule has 3 heteroatoms. The minimum absolute atomic E-state index is 0.265. The molecular formula is C20H32O3. The molecule has 0 fully saturated rings. The molecule has 0 saturated carbocycles. The topological polar surface area (TPSA) is 35.5 Å². The smallest absolute Gasteiger partial charge is 0.338 e. The van der Waals surface area contributed by atoms with E-state index < -0.39 is 0 Å². The molecule has 3 nitrogen and oxygen atoms in total. The van der Waals surface area contributed by atoms with E-state index in [2.05, 4.69) is 6.92 Å². The van der Waals surface area contributed by atoms with Gasteiger partial charge >= 0.3 is 5.97 Å². The molecule has 0 aromatic heterocycles. The highest BCUT2D eigenvalue weighted by molar-refractivity contribution is 5.90. The van der Waals surface area contributed by atoms with Crippen LogP contribution in [0.15, 0.2) is 24.3 Å². The van der Waals surface area contributed by atoms with Crippen LogP contribution in [0.3, 0.4) is 0 Å². The summed E-state index contributed by atoms with van der Waals surface area (Å²) in [4.78, 5) is 11.9. The molecule has 1 aromatic rings. The molecule has 0 N–H and O–H groups in total. The van der Waals surface area contributed by atoms with Crippen LogP contribution in [0.5, 0.6) is 0 Å². The number of rotatable bonds is 13. The fourth-order valence-electron chi connectivity index (χ4n) is 2.51. The highest BCUT2D eigenvalue weighted by Crippen LogP contribution is 2.09. The summed E-state index contributed by atoms with van der Waals surface area (Å²) in [6.45, 7) is 5.72. The fourth-order valence-corrected chi connectivity index (χ4v) is 2.51. The number of carbonyl (C=O) groups excluding carboxylic acids is 1. The van der Waals surface area contributed by atoms with Gasteiger partial charge in [0.15, 0.2) is 0 Å². The molecule has 0 heterocycles. The minimum Gasteiger partial charge on any atom is -0.460 e. The quantitative estimate of drug-likeness (QED) is 0.365. The summed E-state index contributed by atoms with van der Waals surface area (Å²) >= 11 is 0. The van der Waals surface area contributed by atoms with Crippen molar-refractivity contribution in [2.45, 2.75) is 65.2 Å². The van der Waals surface area contributed by atoms with Gasteiger partial charge in [0.2, 0.25) is 0 Å². The van der Waals surface area contributed by atoms with Gasteiger partial charge in [-0.3, -0.25) is 0 Å². The van der Waals surface area contributed by atoms with Gasteiger partial charge in [-0.1, -0.05) is 70.1 Å². The summed E-state index contributed by atoms with van der Waals surface area (Å²) in [5, 5.41) is 0. The van der Waals surface area contributed by atoms with Crippen molar-refractivity contribution >= 4 is 5.97 Å². The first-order valence-electron chi connectivity index (χ1n) is 9.06. The number of hydrogen-bond donors (Lipinski definition) is 0. The Bertz CT molecular complexity index is 429. The van der Waals surface area contributed by atoms with Crippen molar-refractivity contribution in [3.8, 4) is 0 Å². The molecule has 0 spiro atoms. The first-order valence-corrected chi connectivity index (χ1v) is 9.06. The lowest BCUT2D eigenvalue weighted by Crippen LogP contribution is -2.12. The Morgan fingerprint density at radius 3 is 2.22 bits per heavy atom. The molecule has 0 atom stereocenters. The monoisotopic (exact) mass is 320 g/mol. The van der Waals surface area contributed by atoms with Crippen molar-refractivity contribution in [1.29, 1.82) is 0 Å². The normalized spacial score (nSPS) is 10.7. The summed E-state index contributed by atoms with van der Waals surface area (Å²) in [5.41, 5.74) is 1.58. The van der Waals surface area contributed by atoms with Crippen molar-refractivity contribution in [3.63, 3.8) is 0 Å². The van der Waals surface area contributed by atoms with Crippen molar-refractivity contribution in [1.82, 2.24) is 0 Å². The van der Waals surface area contributed by atoms with Crippen LogP contribution in [0.25, 0.3) is 0 Å². The first-order chi connectivity index (χ1) is 11.3. The summed E-state index contributed by atoms with van der Waals surface area (Å²) in [6.07, 6.45) is 10.4. The third-order valence-corrected chi connectivity index (χ3v) is 3.97. The zero-order valence-corrected chi connectivity index (χ0v) is 14.8. The van der Waals surface area contributed by atoms with Gasteiger partial charge < -0.3 is 9.47 Å². The first kappa shape index (κ1) is 19.7. The van der Waals surface area contributed by atoms with Gasteiger partial charge in [0.05, 0.1) is 12.2 Å². The maximum absolute atomic E-state index is 11.9. The Morgan fingerprint density at radius 1 is 0.870 bits per heavy atom. The Kier molecular flexibility index (Phi) is 11.2. The summed E-state index contributed by atoms with van der Waals surface area (Å²) in [5.74, 6) is -0.265. The summed E-state index contributed by atoms with van der Waals surface area (Å²) in [6, 6.07) is 7.47. The number of esters is 1. The highest BCUT2D eigenvalue weighted by Gasteiger charge is 2.08. The zero-order valence-electron chi connectivity index (χ0n) is 14.8. The van der Waals surface area contributed by atoms with Crippen LogP contribution in [-0.2, 0) is 9.47 Å². The molecule has 0 unspecified atom stereocenters. The number of carbonyl (C=O) groups is 1. The molecule has 0 aliphatic heterocycles. The van der Waals surface area contributed by atoms with Crippen LogP contribution >= 0.6 is 0 Å². The average molecular weight is 320 g/mol. The molecule has 1 aromatic carbocycles. The predicted molar refractivity (Wildman–Crippen MR) is 94.9 cm³/mol. The van der Waals surface area contributed by atoms with Crippen molar-refractivity contribution < 1.29 is 14.3 Å². The summed E-state index contributed by atoms with van der Waals surface area (Å²) in [7, 11) is 0. The van der Waals surface area contributed by atoms with E-state index in [0.717, 1.165) is 18.6 Å². The number of ether oxygens (including phenoxy) is 2. The molecule has 1 rings (SSSR count). The van der Waals surface area contributed by atoms with E-state index in [-0.39, 0.29) is 5.97 Å². The van der Waals surface area contributed by atoms with E-state index in [9.17, 15) is 4.79 Å². The van der Waals surface area contributed by atoms with Gasteiger partial charge in [0.1, 0.15) is 6.61 Å². The number of benzene rings is 1. The lowest BCUT2D eigenvalue weighted by Gasteiger charge is -2.07. The second-order valence-electron chi connectivity index (χ2n) is 6.04. The molecule has 0 radical (unpaired) electrons. The van der Waals surface area contributed by atoms with Gasteiger partial charge in [0, 0.05) is 6.61 Å². The van der Waals surface area contributed by atoms with Crippen LogP contribution in [0, 0.1) is 6.92 Å². The van der Waals surface area contributed by atoms with Gasteiger partial charge in [-0.05, 0) is 25.0 Å². The van der Waals surface area contributed by atoms with Crippen molar-refractivity contribution in [2.75, 3.05) is 19.8 Å². The van der Waals surface area contributed by atoms with E-state index in [1.54, 1.807) is 6.07 Å². The van der Waals surface area contributed by atoms with Gasteiger partial charge in [-0.25, -0.2) is 4.79 Å². The Morgan fingerprint density at radius 2 is 1.52 bits per heavy atom. The van der Waals surface area contributed by atoms with Crippen LogP contribution in [-0.4, -0.2) is 25.8 Å². The van der Waals surface area contributed by atoms with Crippen LogP contribution < -0.4 is 0 Å². The van der Waals surface area contributed by atoms with Crippen LogP contribution in [0.4, 0.5) is 0 Å². The van der Waals surface area contributed by atoms with E-state index >= 15 is 0 Å². The van der Waals surface area contributed by atoms with Crippen LogP contribution in [0.1, 0.15) is 74.2 Å². The largest absolute Gasteiger partial charge is 0.460 e. The Hall–Kier alpha value is -1.35.